The summed E-state index contributed by atoms with van der Waals surface area (Å²) in [7, 11) is 0. The molecule has 3 nitrogen and oxygen atoms in total. The van der Waals surface area contributed by atoms with Crippen molar-refractivity contribution < 1.29 is 13.6 Å². The Morgan fingerprint density at radius 3 is 2.35 bits per heavy atom. The van der Waals surface area contributed by atoms with E-state index >= 15 is 0 Å². The zero-order valence-corrected chi connectivity index (χ0v) is 13.7. The lowest BCUT2D eigenvalue weighted by Gasteiger charge is -1.96. The number of carbonyl (C=O) groups excluding carboxylic acids is 1. The maximum absolute atomic E-state index is 11.8. The van der Waals surface area contributed by atoms with E-state index in [9.17, 15) is 4.79 Å². The number of benzene rings is 1. The van der Waals surface area contributed by atoms with Gasteiger partial charge >= 0.3 is 0 Å². The van der Waals surface area contributed by atoms with Gasteiger partial charge in [0.15, 0.2) is 5.78 Å². The molecule has 0 atom stereocenters. The van der Waals surface area contributed by atoms with E-state index in [-0.39, 0.29) is 5.78 Å². The van der Waals surface area contributed by atoms with Crippen LogP contribution < -0.4 is 0 Å². The summed E-state index contributed by atoms with van der Waals surface area (Å²) in [5.74, 6) is 1.89. The van der Waals surface area contributed by atoms with E-state index in [1.807, 2.05) is 36.4 Å². The van der Waals surface area contributed by atoms with Crippen LogP contribution in [0.1, 0.15) is 11.5 Å². The van der Waals surface area contributed by atoms with E-state index in [1.54, 1.807) is 30.5 Å². The van der Waals surface area contributed by atoms with Gasteiger partial charge < -0.3 is 8.83 Å². The van der Waals surface area contributed by atoms with Crippen molar-refractivity contribution in [2.75, 3.05) is 0 Å². The summed E-state index contributed by atoms with van der Waals surface area (Å²) in [5.41, 5.74) is 0.983. The fourth-order valence-corrected chi connectivity index (χ4v) is 2.25. The third-order valence-corrected chi connectivity index (χ3v) is 3.65. The molecule has 0 saturated heterocycles. The molecule has 0 radical (unpaired) electrons. The fourth-order valence-electron chi connectivity index (χ4n) is 1.98. The summed E-state index contributed by atoms with van der Waals surface area (Å²) in [6.45, 7) is 0. The molecule has 3 rings (SSSR count). The van der Waals surface area contributed by atoms with Crippen LogP contribution in [0.4, 0.5) is 0 Å². The fraction of sp³-hybridized carbons (Fsp3) is 0. The highest BCUT2D eigenvalue weighted by Crippen LogP contribution is 2.24. The largest absolute Gasteiger partial charge is 0.465 e. The summed E-state index contributed by atoms with van der Waals surface area (Å²) in [4.78, 5) is 11.8. The van der Waals surface area contributed by atoms with Crippen LogP contribution in [-0.4, -0.2) is 5.78 Å². The van der Waals surface area contributed by atoms with Gasteiger partial charge in [-0.15, -0.1) is 0 Å². The third-order valence-electron chi connectivity index (χ3n) is 3.12. The Balaban J connectivity index is 1.66. The summed E-state index contributed by atoms with van der Waals surface area (Å²) in [6, 6.07) is 15.1. The van der Waals surface area contributed by atoms with Crippen molar-refractivity contribution >= 4 is 33.9 Å². The van der Waals surface area contributed by atoms with Crippen LogP contribution in [0.5, 0.6) is 0 Å². The molecule has 2 aromatic heterocycles. The minimum Gasteiger partial charge on any atom is -0.465 e. The maximum atomic E-state index is 11.8. The Bertz CT molecular complexity index is 837. The van der Waals surface area contributed by atoms with Crippen molar-refractivity contribution in [3.63, 3.8) is 0 Å². The van der Waals surface area contributed by atoms with E-state index in [0.717, 1.165) is 15.8 Å². The van der Waals surface area contributed by atoms with Crippen molar-refractivity contribution in [3.05, 3.63) is 82.9 Å². The van der Waals surface area contributed by atoms with Crippen LogP contribution >= 0.6 is 15.9 Å². The van der Waals surface area contributed by atoms with Gasteiger partial charge in [-0.3, -0.25) is 4.79 Å². The van der Waals surface area contributed by atoms with Crippen molar-refractivity contribution in [2.45, 2.75) is 0 Å². The maximum Gasteiger partial charge on any atom is 0.178 e. The molecule has 3 aromatic rings. The number of hydrogen-bond donors (Lipinski definition) is 0. The molecule has 0 spiro atoms. The van der Waals surface area contributed by atoms with E-state index in [1.165, 1.54) is 12.2 Å². The number of furan rings is 2. The van der Waals surface area contributed by atoms with Crippen LogP contribution in [0, 0.1) is 0 Å². The molecule has 4 heteroatoms. The Morgan fingerprint density at radius 1 is 0.913 bits per heavy atom. The third kappa shape index (κ3) is 4.20. The van der Waals surface area contributed by atoms with Gasteiger partial charge in [0.2, 0.25) is 0 Å². The van der Waals surface area contributed by atoms with Gasteiger partial charge in [-0.2, -0.15) is 0 Å². The van der Waals surface area contributed by atoms with Gasteiger partial charge in [-0.1, -0.05) is 28.1 Å². The highest BCUT2D eigenvalue weighted by atomic mass is 79.9. The van der Waals surface area contributed by atoms with Gasteiger partial charge in [0, 0.05) is 10.0 Å². The molecule has 23 heavy (non-hydrogen) atoms. The highest BCUT2D eigenvalue weighted by molar-refractivity contribution is 9.10. The Kier molecular flexibility index (Phi) is 4.74. The Hall–Kier alpha value is -2.59. The van der Waals surface area contributed by atoms with Gasteiger partial charge in [-0.05, 0) is 60.7 Å². The average Bonchev–Trinajstić information content (AvgIpc) is 3.23. The smallest absolute Gasteiger partial charge is 0.178 e. The summed E-state index contributed by atoms with van der Waals surface area (Å²) < 4.78 is 11.9. The molecule has 0 N–H and O–H groups in total. The second-order valence-corrected chi connectivity index (χ2v) is 5.71. The predicted octanol–water partition coefficient (Wildman–Crippen LogP) is 5.60. The molecule has 0 aliphatic rings. The molecular weight excluding hydrogens is 356 g/mol. The summed E-state index contributed by atoms with van der Waals surface area (Å²) in [6.07, 6.45) is 7.75. The lowest BCUT2D eigenvalue weighted by molar-refractivity contribution is -0.110. The Morgan fingerprint density at radius 2 is 1.65 bits per heavy atom. The first-order valence-electron chi connectivity index (χ1n) is 7.00. The van der Waals surface area contributed by atoms with Gasteiger partial charge in [0.25, 0.3) is 0 Å². The first-order valence-corrected chi connectivity index (χ1v) is 7.79. The molecule has 1 aromatic carbocycles. The normalized spacial score (nSPS) is 11.5. The second kappa shape index (κ2) is 7.11. The van der Waals surface area contributed by atoms with Gasteiger partial charge in [0.05, 0.1) is 6.26 Å². The minimum absolute atomic E-state index is 0.136. The predicted molar refractivity (Wildman–Crippen MR) is 93.6 cm³/mol. The number of rotatable bonds is 5. The van der Waals surface area contributed by atoms with Crippen molar-refractivity contribution in [1.82, 2.24) is 0 Å². The van der Waals surface area contributed by atoms with E-state index in [2.05, 4.69) is 15.9 Å². The van der Waals surface area contributed by atoms with Crippen LogP contribution in [0.15, 0.2) is 80.3 Å². The highest BCUT2D eigenvalue weighted by Gasteiger charge is 2.03. The molecule has 0 saturated carbocycles. The zero-order valence-electron chi connectivity index (χ0n) is 12.1. The molecule has 0 unspecified atom stereocenters. The van der Waals surface area contributed by atoms with Crippen LogP contribution in [0.2, 0.25) is 0 Å². The van der Waals surface area contributed by atoms with Crippen LogP contribution in [0.3, 0.4) is 0 Å². The second-order valence-electron chi connectivity index (χ2n) is 4.79. The minimum atomic E-state index is -0.136. The quantitative estimate of drug-likeness (QED) is 0.550. The van der Waals surface area contributed by atoms with Crippen molar-refractivity contribution in [3.8, 4) is 11.3 Å². The molecule has 114 valence electrons. The molecule has 0 fully saturated rings. The number of halogens is 1. The monoisotopic (exact) mass is 368 g/mol. The molecule has 0 aliphatic heterocycles. The number of carbonyl (C=O) groups is 1. The van der Waals surface area contributed by atoms with Crippen LogP contribution in [-0.2, 0) is 4.79 Å². The molecule has 0 bridgehead atoms. The number of ketones is 1. The topological polar surface area (TPSA) is 43.4 Å². The molecule has 2 heterocycles. The first-order chi connectivity index (χ1) is 11.2. The number of allylic oxidation sites excluding steroid dienone is 2. The van der Waals surface area contributed by atoms with E-state index in [4.69, 9.17) is 8.83 Å². The average molecular weight is 369 g/mol. The SMILES string of the molecule is O=C(C=Cc1ccco1)/C=C/c1ccc(-c2ccc(Br)cc2)o1. The summed E-state index contributed by atoms with van der Waals surface area (Å²) >= 11 is 3.40. The van der Waals surface area contributed by atoms with Crippen LogP contribution in [0.25, 0.3) is 23.5 Å². The van der Waals surface area contributed by atoms with Crippen molar-refractivity contribution in [1.29, 1.82) is 0 Å². The lowest BCUT2D eigenvalue weighted by Crippen LogP contribution is -1.83. The van der Waals surface area contributed by atoms with E-state index in [0.29, 0.717) is 11.5 Å². The number of hydrogen-bond acceptors (Lipinski definition) is 3. The first kappa shape index (κ1) is 15.3. The zero-order chi connectivity index (χ0) is 16.1. The van der Waals surface area contributed by atoms with Crippen molar-refractivity contribution in [2.24, 2.45) is 0 Å². The summed E-state index contributed by atoms with van der Waals surface area (Å²) in [5, 5.41) is 0. The van der Waals surface area contributed by atoms with Gasteiger partial charge in [-0.25, -0.2) is 0 Å². The Labute approximate surface area is 142 Å². The van der Waals surface area contributed by atoms with Gasteiger partial charge in [0.1, 0.15) is 17.3 Å². The molecule has 0 aliphatic carbocycles. The standard InChI is InChI=1S/C19H13BrO3/c20-15-5-3-14(4-6-15)19-12-11-18(23-19)10-8-16(21)7-9-17-2-1-13-22-17/h1-13H/b9-7?,10-8+. The lowest BCUT2D eigenvalue weighted by atomic mass is 10.2. The van der Waals surface area contributed by atoms with E-state index < -0.39 is 0 Å². The molecular formula is C19H13BrO3. The molecule has 0 amide bonds.